The highest BCUT2D eigenvalue weighted by molar-refractivity contribution is 9.10. The quantitative estimate of drug-likeness (QED) is 0.706. The SMILES string of the molecule is Cc1cc(Br)cc(C)c1OC(C)C(=O)NC1CCC(C(C)(C)C)CC1. The monoisotopic (exact) mass is 409 g/mol. The lowest BCUT2D eigenvalue weighted by molar-refractivity contribution is -0.128. The van der Waals surface area contributed by atoms with Gasteiger partial charge in [-0.05, 0) is 81.0 Å². The maximum Gasteiger partial charge on any atom is 0.260 e. The summed E-state index contributed by atoms with van der Waals surface area (Å²) >= 11 is 3.49. The fraction of sp³-hybridized carbons (Fsp3) is 0.667. The number of benzene rings is 1. The van der Waals surface area contributed by atoms with Gasteiger partial charge in [-0.1, -0.05) is 36.7 Å². The molecule has 1 aromatic rings. The molecule has 1 aliphatic rings. The third-order valence-electron chi connectivity index (χ3n) is 5.39. The van der Waals surface area contributed by atoms with Crippen molar-refractivity contribution in [1.82, 2.24) is 5.32 Å². The first-order valence-corrected chi connectivity index (χ1v) is 10.1. The highest BCUT2D eigenvalue weighted by atomic mass is 79.9. The number of halogens is 1. The molecular weight excluding hydrogens is 378 g/mol. The van der Waals surface area contributed by atoms with Crippen molar-refractivity contribution in [3.05, 3.63) is 27.7 Å². The van der Waals surface area contributed by atoms with E-state index in [0.717, 1.165) is 40.1 Å². The Bertz CT molecular complexity index is 590. The van der Waals surface area contributed by atoms with Crippen LogP contribution in [-0.2, 0) is 4.79 Å². The molecule has 0 heterocycles. The van der Waals surface area contributed by atoms with Gasteiger partial charge in [-0.15, -0.1) is 0 Å². The summed E-state index contributed by atoms with van der Waals surface area (Å²) in [6.45, 7) is 12.8. The minimum absolute atomic E-state index is 0.0130. The number of aryl methyl sites for hydroxylation is 2. The van der Waals surface area contributed by atoms with Crippen molar-refractivity contribution in [3.8, 4) is 5.75 Å². The lowest BCUT2D eigenvalue weighted by Gasteiger charge is -2.37. The number of carbonyl (C=O) groups is 1. The van der Waals surface area contributed by atoms with Crippen molar-refractivity contribution in [2.45, 2.75) is 79.4 Å². The van der Waals surface area contributed by atoms with Crippen LogP contribution < -0.4 is 10.1 Å². The van der Waals surface area contributed by atoms with Crippen molar-refractivity contribution in [1.29, 1.82) is 0 Å². The summed E-state index contributed by atoms with van der Waals surface area (Å²) in [6.07, 6.45) is 4.02. The van der Waals surface area contributed by atoms with Crippen molar-refractivity contribution in [2.75, 3.05) is 0 Å². The van der Waals surface area contributed by atoms with Crippen LogP contribution >= 0.6 is 15.9 Å². The number of rotatable bonds is 4. The van der Waals surface area contributed by atoms with Crippen LogP contribution in [0.3, 0.4) is 0 Å². The Balaban J connectivity index is 1.90. The fourth-order valence-corrected chi connectivity index (χ4v) is 4.42. The van der Waals surface area contributed by atoms with Gasteiger partial charge in [-0.2, -0.15) is 0 Å². The Kier molecular flexibility index (Phi) is 6.58. The van der Waals surface area contributed by atoms with Crippen molar-refractivity contribution in [3.63, 3.8) is 0 Å². The van der Waals surface area contributed by atoms with Gasteiger partial charge in [0.05, 0.1) is 0 Å². The van der Waals surface area contributed by atoms with E-state index < -0.39 is 6.10 Å². The number of ether oxygens (including phenoxy) is 1. The molecule has 1 aliphatic carbocycles. The van der Waals surface area contributed by atoms with Gasteiger partial charge in [-0.25, -0.2) is 0 Å². The van der Waals surface area contributed by atoms with Crippen LogP contribution in [0.15, 0.2) is 16.6 Å². The molecule has 1 unspecified atom stereocenters. The van der Waals surface area contributed by atoms with E-state index in [1.54, 1.807) is 0 Å². The van der Waals surface area contributed by atoms with Crippen LogP contribution in [0.1, 0.15) is 64.5 Å². The third-order valence-corrected chi connectivity index (χ3v) is 5.85. The van der Waals surface area contributed by atoms with Crippen molar-refractivity contribution in [2.24, 2.45) is 11.3 Å². The molecule has 0 radical (unpaired) electrons. The second-order valence-electron chi connectivity index (χ2n) is 8.55. The smallest absolute Gasteiger partial charge is 0.260 e. The van der Waals surface area contributed by atoms with E-state index in [9.17, 15) is 4.79 Å². The molecule has 25 heavy (non-hydrogen) atoms. The Morgan fingerprint density at radius 3 is 2.16 bits per heavy atom. The zero-order valence-electron chi connectivity index (χ0n) is 16.4. The molecule has 2 rings (SSSR count). The second-order valence-corrected chi connectivity index (χ2v) is 9.47. The first-order chi connectivity index (χ1) is 11.6. The molecule has 0 aliphatic heterocycles. The molecule has 1 atom stereocenters. The first-order valence-electron chi connectivity index (χ1n) is 9.31. The fourth-order valence-electron chi connectivity index (χ4n) is 3.74. The maximum atomic E-state index is 12.5. The lowest BCUT2D eigenvalue weighted by Crippen LogP contribution is -2.44. The Morgan fingerprint density at radius 1 is 1.16 bits per heavy atom. The van der Waals surface area contributed by atoms with E-state index in [1.807, 2.05) is 32.9 Å². The van der Waals surface area contributed by atoms with E-state index >= 15 is 0 Å². The van der Waals surface area contributed by atoms with Gasteiger partial charge in [-0.3, -0.25) is 4.79 Å². The molecular formula is C21H32BrNO2. The van der Waals surface area contributed by atoms with Crippen LogP contribution in [-0.4, -0.2) is 18.1 Å². The summed E-state index contributed by atoms with van der Waals surface area (Å²) in [5, 5.41) is 3.19. The molecule has 1 N–H and O–H groups in total. The molecule has 1 aromatic carbocycles. The standard InChI is InChI=1S/C21H32BrNO2/c1-13-11-17(22)12-14(2)19(13)25-15(3)20(24)23-18-9-7-16(8-10-18)21(4,5)6/h11-12,15-16,18H,7-10H2,1-6H3,(H,23,24). The normalized spacial score (nSPS) is 22.4. The van der Waals surface area contributed by atoms with E-state index in [1.165, 1.54) is 12.8 Å². The van der Waals surface area contributed by atoms with Crippen LogP contribution in [0.2, 0.25) is 0 Å². The Hall–Kier alpha value is -1.03. The summed E-state index contributed by atoms with van der Waals surface area (Å²) in [7, 11) is 0. The number of amides is 1. The summed E-state index contributed by atoms with van der Waals surface area (Å²) in [6, 6.07) is 4.31. The number of nitrogens with one attached hydrogen (secondary N) is 1. The number of hydrogen-bond donors (Lipinski definition) is 1. The topological polar surface area (TPSA) is 38.3 Å². The van der Waals surface area contributed by atoms with Crippen LogP contribution in [0, 0.1) is 25.2 Å². The van der Waals surface area contributed by atoms with Gasteiger partial charge >= 0.3 is 0 Å². The Morgan fingerprint density at radius 2 is 1.68 bits per heavy atom. The van der Waals surface area contributed by atoms with Gasteiger partial charge in [0, 0.05) is 10.5 Å². The minimum atomic E-state index is -0.487. The molecule has 3 nitrogen and oxygen atoms in total. The molecule has 0 saturated heterocycles. The van der Waals surface area contributed by atoms with E-state index in [4.69, 9.17) is 4.74 Å². The number of hydrogen-bond acceptors (Lipinski definition) is 2. The predicted molar refractivity (Wildman–Crippen MR) is 107 cm³/mol. The summed E-state index contributed by atoms with van der Waals surface area (Å²) in [4.78, 5) is 12.5. The van der Waals surface area contributed by atoms with Crippen LogP contribution in [0.4, 0.5) is 0 Å². The summed E-state index contributed by atoms with van der Waals surface area (Å²) in [5.74, 6) is 1.55. The van der Waals surface area contributed by atoms with Gasteiger partial charge in [0.25, 0.3) is 5.91 Å². The predicted octanol–water partition coefficient (Wildman–Crippen LogP) is 5.55. The lowest BCUT2D eigenvalue weighted by atomic mass is 9.71. The molecule has 1 saturated carbocycles. The molecule has 0 bridgehead atoms. The molecule has 1 amide bonds. The van der Waals surface area contributed by atoms with E-state index in [0.29, 0.717) is 5.41 Å². The molecule has 140 valence electrons. The summed E-state index contributed by atoms with van der Waals surface area (Å²) < 4.78 is 7.01. The molecule has 4 heteroatoms. The third kappa shape index (κ3) is 5.47. The van der Waals surface area contributed by atoms with E-state index in [-0.39, 0.29) is 11.9 Å². The average molecular weight is 410 g/mol. The maximum absolute atomic E-state index is 12.5. The first kappa shape index (κ1) is 20.3. The zero-order chi connectivity index (χ0) is 18.8. The molecule has 0 spiro atoms. The zero-order valence-corrected chi connectivity index (χ0v) is 18.0. The van der Waals surface area contributed by atoms with Gasteiger partial charge < -0.3 is 10.1 Å². The van der Waals surface area contributed by atoms with Crippen molar-refractivity contribution >= 4 is 21.8 Å². The van der Waals surface area contributed by atoms with Crippen molar-refractivity contribution < 1.29 is 9.53 Å². The van der Waals surface area contributed by atoms with Gasteiger partial charge in [0.15, 0.2) is 6.10 Å². The van der Waals surface area contributed by atoms with Gasteiger partial charge in [0.2, 0.25) is 0 Å². The summed E-state index contributed by atoms with van der Waals surface area (Å²) in [5.41, 5.74) is 2.44. The average Bonchev–Trinajstić information content (AvgIpc) is 2.50. The highest BCUT2D eigenvalue weighted by Crippen LogP contribution is 2.37. The van der Waals surface area contributed by atoms with Gasteiger partial charge in [0.1, 0.15) is 5.75 Å². The van der Waals surface area contributed by atoms with Crippen LogP contribution in [0.5, 0.6) is 5.75 Å². The number of carbonyl (C=O) groups excluding carboxylic acids is 1. The molecule has 0 aromatic heterocycles. The highest BCUT2D eigenvalue weighted by Gasteiger charge is 2.31. The Labute approximate surface area is 161 Å². The molecule has 1 fully saturated rings. The largest absolute Gasteiger partial charge is 0.480 e. The van der Waals surface area contributed by atoms with E-state index in [2.05, 4.69) is 42.0 Å². The minimum Gasteiger partial charge on any atom is -0.480 e. The second kappa shape index (κ2) is 8.11. The van der Waals surface area contributed by atoms with Crippen LogP contribution in [0.25, 0.3) is 0 Å².